The number of aromatic nitrogens is 4. The summed E-state index contributed by atoms with van der Waals surface area (Å²) in [5.41, 5.74) is 3.65. The molecule has 3 amide bonds. The van der Waals surface area contributed by atoms with Crippen LogP contribution in [-0.4, -0.2) is 187 Å². The van der Waals surface area contributed by atoms with Crippen LogP contribution in [0, 0.1) is 17.5 Å². The Labute approximate surface area is 608 Å². The van der Waals surface area contributed by atoms with E-state index in [1.807, 2.05) is 11.8 Å². The van der Waals surface area contributed by atoms with E-state index in [9.17, 15) is 61.2 Å². The standard InChI is InChI=1S/C23H23F2N5O3S2.C21H29N5O5S3.C20H17ClFN5O3S2.6H2/c24-18-2-1-3-19(21(18)25)28-11-13-29(14-12-28)20-8-10-30(22(20)31)16-4-6-17(7-5-16)35(32,33)27-23-26-9-15-34-23;1-2-3-16-33(28,29)25-13-11-24(12-14-25)19-8-10-26(20(19)27)17-4-6-18(7-5-17)34(30,31)23-21-22-9-15-32-21;21-18-14-7-9-27(16(14)6-5-15(18)22)17-8-10-26(19(17)28)12-1-3-13(4-2-12)32(29,30)25-20-23-11-24-31-20;;;;;;/h1-7,9,15,20H,8,10-14H2,(H,26,27);4-7,9,15,19H,2-3,8,10-14,16H2,1H3,(H,22,23);1-6,11,17H,7-10H2,(H,23,24,25);6*1H/t20-;19-;17-;;;;;;/m000....../s1. The molecule has 0 spiro atoms. The minimum Gasteiger partial charge on any atom is -0.367 e. The molecule has 3 atom stereocenters. The molecule has 0 aliphatic carbocycles. The Balaban J connectivity index is 0.000000245. The van der Waals surface area contributed by atoms with Gasteiger partial charge in [0.1, 0.15) is 18.2 Å². The molecule has 101 heavy (non-hydrogen) atoms. The molecule has 0 unspecified atom stereocenters. The zero-order valence-electron chi connectivity index (χ0n) is 54.1. The van der Waals surface area contributed by atoms with Gasteiger partial charge in [0.25, 0.3) is 30.1 Å². The third-order valence-corrected chi connectivity index (χ3v) is 26.9. The number of thiazole rings is 2. The number of sulfonamides is 4. The summed E-state index contributed by atoms with van der Waals surface area (Å²) in [6.07, 6.45) is 8.26. The van der Waals surface area contributed by atoms with Gasteiger partial charge < -0.3 is 24.5 Å². The Morgan fingerprint density at radius 1 is 0.525 bits per heavy atom. The first kappa shape index (κ1) is 72.9. The van der Waals surface area contributed by atoms with Gasteiger partial charge in [-0.15, -0.1) is 22.7 Å². The molecule has 14 rings (SSSR count). The second kappa shape index (κ2) is 31.0. The summed E-state index contributed by atoms with van der Waals surface area (Å²) in [5.74, 6) is -2.18. The van der Waals surface area contributed by atoms with E-state index < -0.39 is 57.5 Å². The molecule has 9 heterocycles. The molecular weight excluding hydrogens is 1470 g/mol. The van der Waals surface area contributed by atoms with Crippen LogP contribution < -0.4 is 38.7 Å². The summed E-state index contributed by atoms with van der Waals surface area (Å²) in [6, 6.07) is 24.7. The Bertz CT molecular complexity index is 4770. The fourth-order valence-electron chi connectivity index (χ4n) is 13.0. The number of carbonyl (C=O) groups excluding carboxylic acids is 3. The highest BCUT2D eigenvalue weighted by atomic mass is 35.5. The molecule has 6 aliphatic heterocycles. The van der Waals surface area contributed by atoms with Crippen molar-refractivity contribution in [3.63, 3.8) is 0 Å². The normalized spacial score (nSPS) is 19.5. The van der Waals surface area contributed by atoms with Crippen molar-refractivity contribution >= 4 is 147 Å². The van der Waals surface area contributed by atoms with Crippen LogP contribution in [0.2, 0.25) is 5.02 Å². The number of anilines is 8. The first-order valence-electron chi connectivity index (χ1n) is 32.2. The van der Waals surface area contributed by atoms with Crippen molar-refractivity contribution in [2.75, 3.05) is 123 Å². The van der Waals surface area contributed by atoms with E-state index in [0.717, 1.165) is 35.3 Å². The molecule has 5 saturated heterocycles. The van der Waals surface area contributed by atoms with Crippen LogP contribution in [0.3, 0.4) is 0 Å². The maximum absolute atomic E-state index is 14.1. The number of halogens is 4. The molecular formula is C64H81ClF3N15O11S7. The number of fused-ring (bicyclic) bond motifs is 1. The van der Waals surface area contributed by atoms with Crippen LogP contribution in [0.25, 0.3) is 0 Å². The number of amides is 3. The van der Waals surface area contributed by atoms with Crippen LogP contribution in [-0.2, 0) is 60.9 Å². The number of rotatable bonds is 20. The molecule has 37 heteroatoms. The van der Waals surface area contributed by atoms with Crippen LogP contribution in [0.4, 0.5) is 57.0 Å². The Kier molecular flexibility index (Phi) is 22.3. The number of benzene rings is 5. The summed E-state index contributed by atoms with van der Waals surface area (Å²) >= 11 is 9.43. The number of carbonyl (C=O) groups is 3. The molecule has 6 aliphatic rings. The van der Waals surface area contributed by atoms with E-state index in [2.05, 4.69) is 43.3 Å². The lowest BCUT2D eigenvalue weighted by Crippen LogP contribution is -2.54. The lowest BCUT2D eigenvalue weighted by atomic mass is 10.1. The number of nitrogens with one attached hydrogen (secondary N) is 3. The van der Waals surface area contributed by atoms with Gasteiger partial charge >= 0.3 is 0 Å². The first-order chi connectivity index (χ1) is 48.4. The zero-order valence-corrected chi connectivity index (χ0v) is 60.6. The van der Waals surface area contributed by atoms with E-state index in [1.54, 1.807) is 78.9 Å². The van der Waals surface area contributed by atoms with Gasteiger partial charge in [0.05, 0.1) is 43.2 Å². The highest BCUT2D eigenvalue weighted by molar-refractivity contribution is 7.93. The molecule has 548 valence electrons. The van der Waals surface area contributed by atoms with Crippen LogP contribution in [0.5, 0.6) is 0 Å². The third-order valence-electron chi connectivity index (χ3n) is 18.1. The minimum absolute atomic E-state index is 0. The molecule has 5 aromatic carbocycles. The van der Waals surface area contributed by atoms with E-state index in [-0.39, 0.29) is 85.8 Å². The largest absolute Gasteiger partial charge is 0.367 e. The summed E-state index contributed by atoms with van der Waals surface area (Å²) in [4.78, 5) is 64.3. The maximum Gasteiger partial charge on any atom is 0.263 e. The first-order valence-corrected chi connectivity index (χ1v) is 41.1. The van der Waals surface area contributed by atoms with Gasteiger partial charge in [-0.1, -0.05) is 31.0 Å². The van der Waals surface area contributed by atoms with Gasteiger partial charge in [0, 0.05) is 145 Å². The van der Waals surface area contributed by atoms with Gasteiger partial charge in [-0.25, -0.2) is 61.8 Å². The average Bonchev–Trinajstić information content (AvgIpc) is 1.63. The zero-order chi connectivity index (χ0) is 71.4. The summed E-state index contributed by atoms with van der Waals surface area (Å²) < 4.78 is 154. The highest BCUT2D eigenvalue weighted by Gasteiger charge is 2.43. The SMILES string of the molecule is CCCCS(=O)(=O)N1CCN([C@H]2CCN(c3ccc(S(=O)(=O)Nc4nccs4)cc3)C2=O)CC1.O=C1[C@@H](N2CCN(c3cccc(F)c3F)CC2)CCN1c1ccc(S(=O)(=O)Nc2nccs2)cc1.O=C1[C@@H](N2CCc3c2ccc(F)c3Cl)CCN1c1ccc(S(=O)(=O)Nc2ncns2)cc1.[HH].[HH].[HH].[HH].[HH].[HH]. The quantitative estimate of drug-likeness (QED) is 0.0639. The summed E-state index contributed by atoms with van der Waals surface area (Å²) in [6.45, 7) is 8.04. The second-order valence-corrected chi connectivity index (χ2v) is 34.2. The molecule has 3 N–H and O–H groups in total. The lowest BCUT2D eigenvalue weighted by Gasteiger charge is -2.38. The number of nitrogens with zero attached hydrogens (tertiary/aromatic N) is 12. The molecule has 0 bridgehead atoms. The number of unbranched alkanes of at least 4 members (excludes halogenated alkanes) is 1. The van der Waals surface area contributed by atoms with Crippen molar-refractivity contribution in [3.05, 3.63) is 161 Å². The minimum atomic E-state index is -3.80. The summed E-state index contributed by atoms with van der Waals surface area (Å²) in [5, 5.41) is 4.23. The molecule has 8 aromatic rings. The van der Waals surface area contributed by atoms with E-state index in [1.165, 1.54) is 94.2 Å². The number of hydrogen-bond donors (Lipinski definition) is 3. The topological polar surface area (TPSA) is 301 Å². The molecule has 5 fully saturated rings. The fraction of sp³-hybridized carbons (Fsp3) is 0.359. The van der Waals surface area contributed by atoms with Crippen molar-refractivity contribution in [1.82, 2.24) is 33.4 Å². The Morgan fingerprint density at radius 2 is 0.990 bits per heavy atom. The Morgan fingerprint density at radius 3 is 1.45 bits per heavy atom. The van der Waals surface area contributed by atoms with E-state index in [4.69, 9.17) is 11.6 Å². The molecule has 26 nitrogen and oxygen atoms in total. The van der Waals surface area contributed by atoms with Gasteiger partial charge in [-0.05, 0) is 135 Å². The number of piperazine rings is 2. The van der Waals surface area contributed by atoms with Gasteiger partial charge in [0.15, 0.2) is 21.9 Å². The van der Waals surface area contributed by atoms with Crippen molar-refractivity contribution < 1.29 is 69.8 Å². The molecule has 0 saturated carbocycles. The predicted molar refractivity (Wildman–Crippen MR) is 395 cm³/mol. The Hall–Kier alpha value is -7.91. The molecule has 3 aromatic heterocycles. The lowest BCUT2D eigenvalue weighted by molar-refractivity contribution is -0.122. The van der Waals surface area contributed by atoms with E-state index >= 15 is 0 Å². The second-order valence-electron chi connectivity index (χ2n) is 24.1. The van der Waals surface area contributed by atoms with Crippen molar-refractivity contribution in [3.8, 4) is 0 Å². The van der Waals surface area contributed by atoms with Crippen molar-refractivity contribution in [2.45, 2.75) is 78.3 Å². The van der Waals surface area contributed by atoms with Crippen LogP contribution in [0.1, 0.15) is 53.2 Å². The summed E-state index contributed by atoms with van der Waals surface area (Å²) in [7, 11) is -14.6. The smallest absolute Gasteiger partial charge is 0.263 e. The highest BCUT2D eigenvalue weighted by Crippen LogP contribution is 2.40. The maximum atomic E-state index is 14.1. The van der Waals surface area contributed by atoms with Crippen LogP contribution >= 0.6 is 45.8 Å². The van der Waals surface area contributed by atoms with Crippen LogP contribution in [0.15, 0.2) is 147 Å². The van der Waals surface area contributed by atoms with Gasteiger partial charge in [-0.3, -0.25) is 38.3 Å². The number of hydrogen-bond acceptors (Lipinski definition) is 22. The molecule has 0 radical (unpaired) electrons. The van der Waals surface area contributed by atoms with Gasteiger partial charge in [0.2, 0.25) is 32.9 Å². The third kappa shape index (κ3) is 16.3. The average molecular weight is 1550 g/mol. The predicted octanol–water partition coefficient (Wildman–Crippen LogP) is 9.72. The van der Waals surface area contributed by atoms with E-state index in [0.29, 0.717) is 133 Å². The van der Waals surface area contributed by atoms with Gasteiger partial charge in [-0.2, -0.15) is 8.68 Å². The van der Waals surface area contributed by atoms with Crippen molar-refractivity contribution in [1.29, 1.82) is 0 Å². The monoisotopic (exact) mass is 1550 g/mol. The fourth-order valence-corrected chi connectivity index (χ4v) is 20.1. The van der Waals surface area contributed by atoms with Crippen molar-refractivity contribution in [2.24, 2.45) is 0 Å².